The van der Waals surface area contributed by atoms with Crippen LogP contribution < -0.4 is 4.90 Å². The van der Waals surface area contributed by atoms with Crippen LogP contribution in [0.1, 0.15) is 22.3 Å². The van der Waals surface area contributed by atoms with Crippen molar-refractivity contribution >= 4 is 60.5 Å². The SMILES string of the molecule is c1ccc(-c2cccc3cccc(-c4ccc(N(c5ccc6oc7ccc8ccccc8c7c6c5)c5cccc6c5-c5ccccc5C6(c5ccccc5)c5ccccc5)cc4)c23)cc1. The van der Waals surface area contributed by atoms with Crippen LogP contribution in [0.3, 0.4) is 0 Å². The number of benzene rings is 11. The zero-order valence-electron chi connectivity index (χ0n) is 35.5. The highest BCUT2D eigenvalue weighted by Crippen LogP contribution is 2.59. The smallest absolute Gasteiger partial charge is 0.136 e. The number of hydrogen-bond donors (Lipinski definition) is 0. The van der Waals surface area contributed by atoms with Crippen molar-refractivity contribution in [3.05, 3.63) is 271 Å². The van der Waals surface area contributed by atoms with Crippen molar-refractivity contribution in [1.82, 2.24) is 0 Å². The van der Waals surface area contributed by atoms with Crippen LogP contribution in [0.25, 0.3) is 76.9 Å². The lowest BCUT2D eigenvalue weighted by Gasteiger charge is -2.34. The molecule has 0 aliphatic heterocycles. The number of anilines is 3. The molecule has 0 unspecified atom stereocenters. The van der Waals surface area contributed by atoms with E-state index in [2.05, 4.69) is 254 Å². The lowest BCUT2D eigenvalue weighted by molar-refractivity contribution is 0.669. The number of fused-ring (bicyclic) bond motifs is 9. The largest absolute Gasteiger partial charge is 0.456 e. The van der Waals surface area contributed by atoms with Gasteiger partial charge in [0.25, 0.3) is 0 Å². The van der Waals surface area contributed by atoms with Gasteiger partial charge in [-0.05, 0) is 114 Å². The van der Waals surface area contributed by atoms with Gasteiger partial charge in [-0.3, -0.25) is 0 Å². The Bertz CT molecular complexity index is 3710. The van der Waals surface area contributed by atoms with Crippen molar-refractivity contribution < 1.29 is 4.42 Å². The second-order valence-electron chi connectivity index (χ2n) is 17.1. The van der Waals surface area contributed by atoms with Gasteiger partial charge in [0, 0.05) is 27.7 Å². The van der Waals surface area contributed by atoms with E-state index >= 15 is 0 Å². The number of hydrogen-bond acceptors (Lipinski definition) is 2. The van der Waals surface area contributed by atoms with Gasteiger partial charge in [0.15, 0.2) is 0 Å². The van der Waals surface area contributed by atoms with E-state index in [0.717, 1.165) is 39.0 Å². The fraction of sp³-hybridized carbons (Fsp3) is 0.0159. The summed E-state index contributed by atoms with van der Waals surface area (Å²) in [4.78, 5) is 2.47. The minimum Gasteiger partial charge on any atom is -0.456 e. The summed E-state index contributed by atoms with van der Waals surface area (Å²) in [5, 5.41) is 7.09. The molecule has 1 heterocycles. The fourth-order valence-corrected chi connectivity index (χ4v) is 11.0. The lowest BCUT2D eigenvalue weighted by Crippen LogP contribution is -2.28. The van der Waals surface area contributed by atoms with Crippen LogP contribution in [0.4, 0.5) is 17.1 Å². The van der Waals surface area contributed by atoms with Crippen LogP contribution in [0.15, 0.2) is 253 Å². The summed E-state index contributed by atoms with van der Waals surface area (Å²) in [6.45, 7) is 0. The first kappa shape index (κ1) is 37.1. The zero-order valence-corrected chi connectivity index (χ0v) is 35.5. The van der Waals surface area contributed by atoms with Crippen LogP contribution in [0.2, 0.25) is 0 Å². The molecule has 1 aliphatic rings. The first-order valence-electron chi connectivity index (χ1n) is 22.4. The van der Waals surface area contributed by atoms with E-state index in [4.69, 9.17) is 4.42 Å². The summed E-state index contributed by atoms with van der Waals surface area (Å²) in [6.07, 6.45) is 0. The highest BCUT2D eigenvalue weighted by atomic mass is 16.3. The van der Waals surface area contributed by atoms with Gasteiger partial charge in [0.05, 0.1) is 11.1 Å². The molecule has 0 radical (unpaired) electrons. The molecule has 0 bridgehead atoms. The first-order chi connectivity index (χ1) is 32.3. The summed E-state index contributed by atoms with van der Waals surface area (Å²) in [5.41, 5.74) is 16.8. The molecular formula is C63H41NO. The third-order valence-corrected chi connectivity index (χ3v) is 13.7. The topological polar surface area (TPSA) is 16.4 Å². The Balaban J connectivity index is 1.07. The Morgan fingerprint density at radius 3 is 1.63 bits per heavy atom. The van der Waals surface area contributed by atoms with Gasteiger partial charge >= 0.3 is 0 Å². The highest BCUT2D eigenvalue weighted by Gasteiger charge is 2.47. The summed E-state index contributed by atoms with van der Waals surface area (Å²) in [6, 6.07) is 90.8. The van der Waals surface area contributed by atoms with Crippen molar-refractivity contribution in [2.75, 3.05) is 4.90 Å². The quantitative estimate of drug-likeness (QED) is 0.159. The average molecular weight is 828 g/mol. The molecule has 304 valence electrons. The van der Waals surface area contributed by atoms with E-state index in [0.29, 0.717) is 0 Å². The highest BCUT2D eigenvalue weighted by molar-refractivity contribution is 6.19. The van der Waals surface area contributed by atoms with Crippen LogP contribution >= 0.6 is 0 Å². The molecule has 12 aromatic rings. The van der Waals surface area contributed by atoms with Crippen LogP contribution in [-0.2, 0) is 5.41 Å². The lowest BCUT2D eigenvalue weighted by atomic mass is 9.68. The summed E-state index contributed by atoms with van der Waals surface area (Å²) in [5.74, 6) is 0. The Kier molecular flexibility index (Phi) is 8.47. The molecule has 0 saturated heterocycles. The average Bonchev–Trinajstić information content (AvgIpc) is 3.91. The molecule has 0 amide bonds. The first-order valence-corrected chi connectivity index (χ1v) is 22.4. The monoisotopic (exact) mass is 827 g/mol. The van der Waals surface area contributed by atoms with Crippen LogP contribution in [0.5, 0.6) is 0 Å². The van der Waals surface area contributed by atoms with E-state index in [9.17, 15) is 0 Å². The molecule has 1 aliphatic carbocycles. The van der Waals surface area contributed by atoms with E-state index < -0.39 is 5.41 Å². The standard InChI is InChI=1S/C63H41NO/c1-4-17-42(18-5-1)50-28-14-20-45-21-15-29-51(60(45)50)44-33-36-48(37-34-44)64(49-38-40-58-54(41-49)61-52-26-11-10-19-43(52)35-39-59(61)65-58)57-32-16-31-56-62(57)53-27-12-13-30-55(53)63(56,46-22-6-2-7-23-46)47-24-8-3-9-25-47/h1-41H. The maximum Gasteiger partial charge on any atom is 0.136 e. The Labute approximate surface area is 377 Å². The molecule has 2 nitrogen and oxygen atoms in total. The minimum atomic E-state index is -0.533. The third-order valence-electron chi connectivity index (χ3n) is 13.7. The number of rotatable bonds is 7. The maximum absolute atomic E-state index is 6.58. The fourth-order valence-electron chi connectivity index (χ4n) is 11.0. The molecule has 2 heteroatoms. The predicted octanol–water partition coefficient (Wildman–Crippen LogP) is 17.1. The van der Waals surface area contributed by atoms with E-state index in [1.54, 1.807) is 0 Å². The van der Waals surface area contributed by atoms with Gasteiger partial charge in [-0.2, -0.15) is 0 Å². The Hall–Kier alpha value is -8.46. The molecule has 0 spiro atoms. The second kappa shape index (κ2) is 14.8. The summed E-state index contributed by atoms with van der Waals surface area (Å²) < 4.78 is 6.58. The Morgan fingerprint density at radius 2 is 0.892 bits per heavy atom. The van der Waals surface area contributed by atoms with Crippen molar-refractivity contribution in [2.24, 2.45) is 0 Å². The van der Waals surface area contributed by atoms with Gasteiger partial charge in [0.1, 0.15) is 11.2 Å². The van der Waals surface area contributed by atoms with E-state index in [1.165, 1.54) is 77.2 Å². The van der Waals surface area contributed by atoms with Gasteiger partial charge in [-0.25, -0.2) is 0 Å². The van der Waals surface area contributed by atoms with Gasteiger partial charge in [0.2, 0.25) is 0 Å². The maximum atomic E-state index is 6.58. The summed E-state index contributed by atoms with van der Waals surface area (Å²) >= 11 is 0. The van der Waals surface area contributed by atoms with Gasteiger partial charge in [-0.1, -0.05) is 206 Å². The van der Waals surface area contributed by atoms with Crippen molar-refractivity contribution in [3.63, 3.8) is 0 Å². The minimum absolute atomic E-state index is 0.533. The third kappa shape index (κ3) is 5.67. The number of nitrogens with zero attached hydrogens (tertiary/aromatic N) is 1. The molecule has 1 aromatic heterocycles. The second-order valence-corrected chi connectivity index (χ2v) is 17.1. The van der Waals surface area contributed by atoms with Crippen molar-refractivity contribution in [2.45, 2.75) is 5.41 Å². The van der Waals surface area contributed by atoms with Gasteiger partial charge < -0.3 is 9.32 Å². The van der Waals surface area contributed by atoms with Gasteiger partial charge in [-0.15, -0.1) is 0 Å². The molecule has 0 N–H and O–H groups in total. The molecule has 13 rings (SSSR count). The van der Waals surface area contributed by atoms with Crippen molar-refractivity contribution in [3.8, 4) is 33.4 Å². The van der Waals surface area contributed by atoms with Crippen LogP contribution in [-0.4, -0.2) is 0 Å². The van der Waals surface area contributed by atoms with E-state index in [1.807, 2.05) is 0 Å². The summed E-state index contributed by atoms with van der Waals surface area (Å²) in [7, 11) is 0. The molecule has 11 aromatic carbocycles. The van der Waals surface area contributed by atoms with Crippen molar-refractivity contribution in [1.29, 1.82) is 0 Å². The normalized spacial score (nSPS) is 12.7. The Morgan fingerprint density at radius 1 is 0.338 bits per heavy atom. The molecule has 0 atom stereocenters. The zero-order chi connectivity index (χ0) is 42.9. The molecule has 0 saturated carbocycles. The molecule has 0 fully saturated rings. The molecular weight excluding hydrogens is 787 g/mol. The predicted molar refractivity (Wildman–Crippen MR) is 272 cm³/mol. The van der Waals surface area contributed by atoms with Crippen LogP contribution in [0, 0.1) is 0 Å². The van der Waals surface area contributed by atoms with E-state index in [-0.39, 0.29) is 0 Å². The molecule has 65 heavy (non-hydrogen) atoms. The number of furan rings is 1.